The highest BCUT2D eigenvalue weighted by Crippen LogP contribution is 2.35. The molecule has 0 bridgehead atoms. The van der Waals surface area contributed by atoms with E-state index in [1.165, 1.54) is 0 Å². The highest BCUT2D eigenvalue weighted by atomic mass is 16.5. The number of carbonyl (C=O) groups excluding carboxylic acids is 1. The number of rotatable bonds is 5. The summed E-state index contributed by atoms with van der Waals surface area (Å²) in [6, 6.07) is 11.8. The first-order valence-electron chi connectivity index (χ1n) is 12.0. The standard InChI is InChI=1S/C27H31N5O3/c1-5-16-12-21-17(8-9-24(29-21)35-4)11-20(16)26-30-22-13-18(14-23(34-3)25(22)31(26)2)27(33)32-10-6-7-19(28)15-32/h8-9,11-14,19H,5-7,10,15,28H2,1-4H3/t19-/m1/s1. The molecule has 1 amide bonds. The van der Waals surface area contributed by atoms with Crippen molar-refractivity contribution in [3.63, 3.8) is 0 Å². The number of pyridine rings is 1. The van der Waals surface area contributed by atoms with Gasteiger partial charge in [0.25, 0.3) is 5.91 Å². The fraction of sp³-hybridized carbons (Fsp3) is 0.370. The Labute approximate surface area is 204 Å². The van der Waals surface area contributed by atoms with E-state index in [4.69, 9.17) is 20.2 Å². The van der Waals surface area contributed by atoms with E-state index in [9.17, 15) is 4.79 Å². The smallest absolute Gasteiger partial charge is 0.254 e. The average molecular weight is 474 g/mol. The van der Waals surface area contributed by atoms with Crippen LogP contribution in [0.2, 0.25) is 0 Å². The average Bonchev–Trinajstić information content (AvgIpc) is 3.22. The van der Waals surface area contributed by atoms with Gasteiger partial charge >= 0.3 is 0 Å². The Hall–Kier alpha value is -3.65. The minimum Gasteiger partial charge on any atom is -0.494 e. The summed E-state index contributed by atoms with van der Waals surface area (Å²) in [5.74, 6) is 2.00. The second-order valence-electron chi connectivity index (χ2n) is 9.10. The molecule has 1 atom stereocenters. The first-order valence-corrected chi connectivity index (χ1v) is 12.0. The molecule has 3 heterocycles. The van der Waals surface area contributed by atoms with Crippen molar-refractivity contribution in [2.45, 2.75) is 32.2 Å². The lowest BCUT2D eigenvalue weighted by Crippen LogP contribution is -2.45. The molecule has 0 aliphatic carbocycles. The first kappa shape index (κ1) is 23.1. The van der Waals surface area contributed by atoms with Crippen LogP contribution in [0.5, 0.6) is 11.6 Å². The topological polar surface area (TPSA) is 95.5 Å². The fourth-order valence-corrected chi connectivity index (χ4v) is 5.02. The van der Waals surface area contributed by atoms with Gasteiger partial charge < -0.3 is 24.7 Å². The van der Waals surface area contributed by atoms with Crippen LogP contribution in [-0.2, 0) is 13.5 Å². The van der Waals surface area contributed by atoms with E-state index in [2.05, 4.69) is 24.0 Å². The number of imidazole rings is 1. The van der Waals surface area contributed by atoms with E-state index >= 15 is 0 Å². The summed E-state index contributed by atoms with van der Waals surface area (Å²) in [6.45, 7) is 3.41. The third kappa shape index (κ3) is 4.08. The largest absolute Gasteiger partial charge is 0.494 e. The molecule has 0 saturated carbocycles. The van der Waals surface area contributed by atoms with Gasteiger partial charge in [0.1, 0.15) is 17.1 Å². The molecular formula is C27H31N5O3. The summed E-state index contributed by atoms with van der Waals surface area (Å²) in [5.41, 5.74) is 11.3. The van der Waals surface area contributed by atoms with Crippen molar-refractivity contribution in [2.24, 2.45) is 12.8 Å². The van der Waals surface area contributed by atoms with Gasteiger partial charge in [0.2, 0.25) is 5.88 Å². The highest BCUT2D eigenvalue weighted by Gasteiger charge is 2.25. The Morgan fingerprint density at radius 1 is 1.11 bits per heavy atom. The Morgan fingerprint density at radius 3 is 2.66 bits per heavy atom. The van der Waals surface area contributed by atoms with Gasteiger partial charge in [-0.2, -0.15) is 0 Å². The molecule has 0 unspecified atom stereocenters. The van der Waals surface area contributed by atoms with Gasteiger partial charge in [0.15, 0.2) is 0 Å². The number of fused-ring (bicyclic) bond motifs is 2. The number of nitrogens with zero attached hydrogens (tertiary/aromatic N) is 4. The van der Waals surface area contributed by atoms with Crippen LogP contribution in [0, 0.1) is 0 Å². The Balaban J connectivity index is 1.63. The molecule has 2 aromatic heterocycles. The van der Waals surface area contributed by atoms with E-state index < -0.39 is 0 Å². The highest BCUT2D eigenvalue weighted by molar-refractivity contribution is 6.00. The van der Waals surface area contributed by atoms with E-state index in [0.717, 1.165) is 64.7 Å². The molecule has 4 aromatic rings. The second-order valence-corrected chi connectivity index (χ2v) is 9.10. The van der Waals surface area contributed by atoms with Crippen molar-refractivity contribution in [1.29, 1.82) is 0 Å². The molecule has 5 rings (SSSR count). The zero-order valence-corrected chi connectivity index (χ0v) is 20.7. The van der Waals surface area contributed by atoms with Gasteiger partial charge in [0.05, 0.1) is 25.3 Å². The van der Waals surface area contributed by atoms with Gasteiger partial charge in [-0.3, -0.25) is 4.79 Å². The number of nitrogens with two attached hydrogens (primary N) is 1. The van der Waals surface area contributed by atoms with Gasteiger partial charge in [-0.1, -0.05) is 6.92 Å². The minimum atomic E-state index is -0.0347. The monoisotopic (exact) mass is 473 g/mol. The third-order valence-corrected chi connectivity index (χ3v) is 6.87. The Bertz CT molecular complexity index is 1430. The van der Waals surface area contributed by atoms with Gasteiger partial charge in [-0.05, 0) is 55.2 Å². The zero-order valence-electron chi connectivity index (χ0n) is 20.7. The first-order chi connectivity index (χ1) is 16.9. The molecule has 2 aromatic carbocycles. The number of carbonyl (C=O) groups is 1. The Morgan fingerprint density at radius 2 is 1.94 bits per heavy atom. The molecule has 8 nitrogen and oxygen atoms in total. The summed E-state index contributed by atoms with van der Waals surface area (Å²) in [7, 11) is 5.22. The minimum absolute atomic E-state index is 0.0228. The predicted molar refractivity (Wildman–Crippen MR) is 137 cm³/mol. The number of benzene rings is 2. The van der Waals surface area contributed by atoms with Crippen LogP contribution in [0.1, 0.15) is 35.7 Å². The summed E-state index contributed by atoms with van der Waals surface area (Å²) in [4.78, 5) is 24.7. The van der Waals surface area contributed by atoms with E-state index in [1.54, 1.807) is 14.2 Å². The molecule has 1 aliphatic heterocycles. The fourth-order valence-electron chi connectivity index (χ4n) is 5.02. The van der Waals surface area contributed by atoms with E-state index in [1.807, 2.05) is 40.8 Å². The lowest BCUT2D eigenvalue weighted by atomic mass is 10.0. The van der Waals surface area contributed by atoms with Crippen LogP contribution in [-0.4, -0.2) is 58.7 Å². The number of methoxy groups -OCH3 is 2. The van der Waals surface area contributed by atoms with Crippen molar-refractivity contribution in [3.05, 3.63) is 47.5 Å². The number of hydrogen-bond acceptors (Lipinski definition) is 6. The van der Waals surface area contributed by atoms with Crippen LogP contribution < -0.4 is 15.2 Å². The van der Waals surface area contributed by atoms with Crippen LogP contribution in [0.4, 0.5) is 0 Å². The quantitative estimate of drug-likeness (QED) is 0.472. The Kier molecular flexibility index (Phi) is 6.06. The molecule has 35 heavy (non-hydrogen) atoms. The number of ether oxygens (including phenoxy) is 2. The van der Waals surface area contributed by atoms with Crippen molar-refractivity contribution >= 4 is 27.8 Å². The summed E-state index contributed by atoms with van der Waals surface area (Å²) < 4.78 is 13.1. The molecule has 182 valence electrons. The van der Waals surface area contributed by atoms with Crippen molar-refractivity contribution < 1.29 is 14.3 Å². The van der Waals surface area contributed by atoms with Crippen molar-refractivity contribution in [2.75, 3.05) is 27.3 Å². The van der Waals surface area contributed by atoms with Crippen LogP contribution in [0.25, 0.3) is 33.3 Å². The number of piperidine rings is 1. The normalized spacial score (nSPS) is 16.1. The molecule has 1 fully saturated rings. The molecule has 2 N–H and O–H groups in total. The second kappa shape index (κ2) is 9.19. The maximum atomic E-state index is 13.3. The van der Waals surface area contributed by atoms with Crippen molar-refractivity contribution in [1.82, 2.24) is 19.4 Å². The molecule has 1 aliphatic rings. The number of amides is 1. The summed E-state index contributed by atoms with van der Waals surface area (Å²) in [5, 5.41) is 1.01. The molecule has 1 saturated heterocycles. The SMILES string of the molecule is CCc1cc2nc(OC)ccc2cc1-c1nc2cc(C(=O)N3CCC[C@@H](N)C3)cc(OC)c2n1C. The molecule has 0 spiro atoms. The zero-order chi connectivity index (χ0) is 24.7. The van der Waals surface area contributed by atoms with Crippen LogP contribution in [0.3, 0.4) is 0 Å². The van der Waals surface area contributed by atoms with Gasteiger partial charge in [-0.15, -0.1) is 0 Å². The number of aromatic nitrogens is 3. The van der Waals surface area contributed by atoms with Crippen molar-refractivity contribution in [3.8, 4) is 23.0 Å². The lowest BCUT2D eigenvalue weighted by molar-refractivity contribution is 0.0708. The third-order valence-electron chi connectivity index (χ3n) is 6.87. The predicted octanol–water partition coefficient (Wildman–Crippen LogP) is 3.93. The van der Waals surface area contributed by atoms with Gasteiger partial charge in [0, 0.05) is 48.8 Å². The maximum Gasteiger partial charge on any atom is 0.254 e. The lowest BCUT2D eigenvalue weighted by Gasteiger charge is -2.30. The summed E-state index contributed by atoms with van der Waals surface area (Å²) in [6.07, 6.45) is 2.69. The van der Waals surface area contributed by atoms with Gasteiger partial charge in [-0.25, -0.2) is 9.97 Å². The molecule has 0 radical (unpaired) electrons. The molecular weight excluding hydrogens is 442 g/mol. The number of hydrogen-bond donors (Lipinski definition) is 1. The number of aryl methyl sites for hydroxylation is 2. The maximum absolute atomic E-state index is 13.3. The van der Waals surface area contributed by atoms with E-state index in [-0.39, 0.29) is 11.9 Å². The molecule has 8 heteroatoms. The van der Waals surface area contributed by atoms with Crippen LogP contribution >= 0.6 is 0 Å². The van der Waals surface area contributed by atoms with Crippen LogP contribution in [0.15, 0.2) is 36.4 Å². The summed E-state index contributed by atoms with van der Waals surface area (Å²) >= 11 is 0. The van der Waals surface area contributed by atoms with E-state index in [0.29, 0.717) is 23.7 Å². The number of likely N-dealkylation sites (tertiary alicyclic amines) is 1.